The van der Waals surface area contributed by atoms with Crippen LogP contribution in [0, 0.1) is 0 Å². The molecule has 3 aromatic rings. The third-order valence-corrected chi connectivity index (χ3v) is 4.43. The molecule has 1 aromatic carbocycles. The topological polar surface area (TPSA) is 69.8 Å². The molecule has 4 rings (SSSR count). The Bertz CT molecular complexity index is 801. The van der Waals surface area contributed by atoms with Crippen LogP contribution in [-0.2, 0) is 11.3 Å². The van der Waals surface area contributed by atoms with E-state index in [0.29, 0.717) is 11.6 Å². The number of halogens is 1. The lowest BCUT2D eigenvalue weighted by Crippen LogP contribution is -2.39. The van der Waals surface area contributed by atoms with E-state index in [9.17, 15) is 0 Å². The van der Waals surface area contributed by atoms with Crippen molar-refractivity contribution < 1.29 is 4.74 Å². The lowest BCUT2D eigenvalue weighted by Gasteiger charge is -2.33. The second kappa shape index (κ2) is 6.76. The number of aromatic amines is 2. The lowest BCUT2D eigenvalue weighted by atomic mass is 10.2. The molecule has 0 saturated carbocycles. The molecule has 2 aromatic heterocycles. The van der Waals surface area contributed by atoms with Gasteiger partial charge in [-0.25, -0.2) is 9.97 Å². The highest BCUT2D eigenvalue weighted by Gasteiger charge is 2.27. The minimum Gasteiger partial charge on any atom is -0.378 e. The van der Waals surface area contributed by atoms with Gasteiger partial charge in [-0.05, 0) is 12.1 Å². The predicted molar refractivity (Wildman–Crippen MR) is 91.6 cm³/mol. The number of rotatable bonds is 4. The largest absolute Gasteiger partial charge is 0.378 e. The van der Waals surface area contributed by atoms with E-state index in [2.05, 4.69) is 24.8 Å². The molecule has 0 aliphatic carbocycles. The number of nitrogens with zero attached hydrogens (tertiary/aromatic N) is 3. The normalized spacial score (nSPS) is 18.8. The van der Waals surface area contributed by atoms with Crippen molar-refractivity contribution in [3.63, 3.8) is 0 Å². The zero-order valence-corrected chi connectivity index (χ0v) is 13.8. The van der Waals surface area contributed by atoms with Gasteiger partial charge in [0.1, 0.15) is 11.6 Å². The van der Waals surface area contributed by atoms with Crippen molar-refractivity contribution in [2.75, 3.05) is 19.8 Å². The molecule has 0 bridgehead atoms. The summed E-state index contributed by atoms with van der Waals surface area (Å²) in [5, 5.41) is 0.712. The zero-order valence-electron chi connectivity index (χ0n) is 13.1. The highest BCUT2D eigenvalue weighted by Crippen LogP contribution is 2.27. The molecular weight excluding hydrogens is 326 g/mol. The molecule has 1 saturated heterocycles. The molecule has 1 aliphatic heterocycles. The number of nitrogens with one attached hydrogen (secondary N) is 2. The van der Waals surface area contributed by atoms with Crippen LogP contribution in [0.15, 0.2) is 42.9 Å². The van der Waals surface area contributed by atoms with Crippen molar-refractivity contribution >= 4 is 11.6 Å². The second-order valence-corrected chi connectivity index (χ2v) is 6.23. The molecule has 124 valence electrons. The smallest absolute Gasteiger partial charge is 0.126 e. The Morgan fingerprint density at radius 3 is 3.12 bits per heavy atom. The van der Waals surface area contributed by atoms with Gasteiger partial charge in [0.15, 0.2) is 0 Å². The summed E-state index contributed by atoms with van der Waals surface area (Å²) in [6, 6.07) is 7.82. The summed E-state index contributed by atoms with van der Waals surface area (Å²) in [7, 11) is 0. The third kappa shape index (κ3) is 3.21. The first-order valence-corrected chi connectivity index (χ1v) is 8.28. The first-order valence-electron chi connectivity index (χ1n) is 7.90. The highest BCUT2D eigenvalue weighted by atomic mass is 35.5. The van der Waals surface area contributed by atoms with Crippen LogP contribution < -0.4 is 0 Å². The van der Waals surface area contributed by atoms with Gasteiger partial charge in [0, 0.05) is 29.5 Å². The first-order chi connectivity index (χ1) is 11.8. The number of H-pyrrole nitrogens is 2. The van der Waals surface area contributed by atoms with Gasteiger partial charge >= 0.3 is 0 Å². The zero-order chi connectivity index (χ0) is 16.4. The molecule has 0 spiro atoms. The highest BCUT2D eigenvalue weighted by molar-refractivity contribution is 6.30. The van der Waals surface area contributed by atoms with E-state index in [-0.39, 0.29) is 6.04 Å². The summed E-state index contributed by atoms with van der Waals surface area (Å²) in [4.78, 5) is 17.8. The standard InChI is InChI=1S/C17H18ClN5O/c18-13-3-1-2-12(8-13)14-9-21-17(22-14)15-11-24-7-6-23(15)10-16-19-4-5-20-16/h1-5,8-9,15H,6-7,10-11H2,(H,19,20)(H,21,22). The fourth-order valence-corrected chi connectivity index (χ4v) is 3.15. The number of benzene rings is 1. The van der Waals surface area contributed by atoms with Gasteiger partial charge in [-0.3, -0.25) is 4.90 Å². The Labute approximate surface area is 144 Å². The monoisotopic (exact) mass is 343 g/mol. The molecule has 1 aliphatic rings. The summed E-state index contributed by atoms with van der Waals surface area (Å²) in [6.45, 7) is 2.93. The maximum Gasteiger partial charge on any atom is 0.126 e. The Kier molecular flexibility index (Phi) is 4.34. The lowest BCUT2D eigenvalue weighted by molar-refractivity contribution is -0.0166. The molecule has 6 nitrogen and oxygen atoms in total. The maximum atomic E-state index is 6.08. The van der Waals surface area contributed by atoms with Crippen LogP contribution in [0.25, 0.3) is 11.3 Å². The van der Waals surface area contributed by atoms with Gasteiger partial charge in [-0.2, -0.15) is 0 Å². The van der Waals surface area contributed by atoms with Crippen LogP contribution >= 0.6 is 11.6 Å². The minimum absolute atomic E-state index is 0.0804. The molecule has 1 atom stereocenters. The van der Waals surface area contributed by atoms with Gasteiger partial charge in [0.25, 0.3) is 0 Å². The fourth-order valence-electron chi connectivity index (χ4n) is 2.96. The number of imidazole rings is 2. The molecule has 0 amide bonds. The molecule has 7 heteroatoms. The second-order valence-electron chi connectivity index (χ2n) is 5.79. The Hall–Kier alpha value is -2.15. The van der Waals surface area contributed by atoms with E-state index in [1.54, 1.807) is 6.20 Å². The average Bonchev–Trinajstić information content (AvgIpc) is 3.27. The van der Waals surface area contributed by atoms with Crippen molar-refractivity contribution in [3.05, 3.63) is 59.5 Å². The van der Waals surface area contributed by atoms with Gasteiger partial charge in [-0.1, -0.05) is 23.7 Å². The van der Waals surface area contributed by atoms with Crippen LogP contribution in [-0.4, -0.2) is 44.6 Å². The van der Waals surface area contributed by atoms with Crippen molar-refractivity contribution in [1.82, 2.24) is 24.8 Å². The summed E-state index contributed by atoms with van der Waals surface area (Å²) in [6.07, 6.45) is 5.46. The van der Waals surface area contributed by atoms with Gasteiger partial charge < -0.3 is 14.7 Å². The van der Waals surface area contributed by atoms with Gasteiger partial charge in [-0.15, -0.1) is 0 Å². The fraction of sp³-hybridized carbons (Fsp3) is 0.294. The van der Waals surface area contributed by atoms with Crippen molar-refractivity contribution in [2.24, 2.45) is 0 Å². The van der Waals surface area contributed by atoms with Crippen molar-refractivity contribution in [2.45, 2.75) is 12.6 Å². The Balaban J connectivity index is 1.57. The van der Waals surface area contributed by atoms with Crippen molar-refractivity contribution in [3.8, 4) is 11.3 Å². The molecular formula is C17H18ClN5O. The predicted octanol–water partition coefficient (Wildman–Crippen LogP) is 3.03. The van der Waals surface area contributed by atoms with E-state index in [0.717, 1.165) is 42.6 Å². The molecule has 0 radical (unpaired) electrons. The quantitative estimate of drug-likeness (QED) is 0.764. The van der Waals surface area contributed by atoms with Gasteiger partial charge in [0.05, 0.1) is 37.7 Å². The molecule has 2 N–H and O–H groups in total. The van der Waals surface area contributed by atoms with Crippen LogP contribution in [0.4, 0.5) is 0 Å². The van der Waals surface area contributed by atoms with E-state index in [4.69, 9.17) is 16.3 Å². The summed E-state index contributed by atoms with van der Waals surface area (Å²) in [5.41, 5.74) is 1.98. The Morgan fingerprint density at radius 2 is 2.29 bits per heavy atom. The van der Waals surface area contributed by atoms with E-state index < -0.39 is 0 Å². The summed E-state index contributed by atoms with van der Waals surface area (Å²) < 4.78 is 5.67. The van der Waals surface area contributed by atoms with Crippen LogP contribution in [0.3, 0.4) is 0 Å². The van der Waals surface area contributed by atoms with Crippen LogP contribution in [0.1, 0.15) is 17.7 Å². The Morgan fingerprint density at radius 1 is 1.33 bits per heavy atom. The van der Waals surface area contributed by atoms with Crippen LogP contribution in [0.2, 0.25) is 5.02 Å². The molecule has 1 fully saturated rings. The number of hydrogen-bond acceptors (Lipinski definition) is 4. The minimum atomic E-state index is 0.0804. The van der Waals surface area contributed by atoms with Crippen LogP contribution in [0.5, 0.6) is 0 Å². The van der Waals surface area contributed by atoms with E-state index >= 15 is 0 Å². The van der Waals surface area contributed by atoms with E-state index in [1.165, 1.54) is 0 Å². The summed E-state index contributed by atoms with van der Waals surface area (Å²) in [5.74, 6) is 1.85. The van der Waals surface area contributed by atoms with Gasteiger partial charge in [0.2, 0.25) is 0 Å². The third-order valence-electron chi connectivity index (χ3n) is 4.19. The average molecular weight is 344 g/mol. The number of hydrogen-bond donors (Lipinski definition) is 2. The summed E-state index contributed by atoms with van der Waals surface area (Å²) >= 11 is 6.08. The van der Waals surface area contributed by atoms with Crippen molar-refractivity contribution in [1.29, 1.82) is 0 Å². The maximum absolute atomic E-state index is 6.08. The van der Waals surface area contributed by atoms with E-state index in [1.807, 2.05) is 36.7 Å². The molecule has 3 heterocycles. The number of aromatic nitrogens is 4. The number of morpholine rings is 1. The molecule has 1 unspecified atom stereocenters. The SMILES string of the molecule is Clc1cccc(-c2cnc(C3COCCN3Cc3ncc[nH]3)[nH]2)c1. The first kappa shape index (κ1) is 15.4. The molecule has 24 heavy (non-hydrogen) atoms. The number of ether oxygens (including phenoxy) is 1.